The smallest absolute Gasteiger partial charge is 0.151 e. The van der Waals surface area contributed by atoms with Crippen LogP contribution in [0.2, 0.25) is 0 Å². The maximum Gasteiger partial charge on any atom is 0.151 e. The number of pyridine rings is 1. The molecule has 1 rings (SSSR count). The number of carbonyl (C=O) groups excluding carboxylic acids is 1. The van der Waals surface area contributed by atoms with Crippen LogP contribution in [0, 0.1) is 6.92 Å². The third-order valence-electron chi connectivity index (χ3n) is 2.11. The van der Waals surface area contributed by atoms with E-state index in [1.807, 2.05) is 18.9 Å². The monoisotopic (exact) mass is 208 g/mol. The van der Waals surface area contributed by atoms with Crippen molar-refractivity contribution >= 4 is 12.1 Å². The molecular weight excluding hydrogens is 192 g/mol. The molecule has 0 radical (unpaired) electrons. The highest BCUT2D eigenvalue weighted by molar-refractivity contribution is 5.75. The van der Waals surface area contributed by atoms with Crippen LogP contribution in [0.5, 0.6) is 0 Å². The van der Waals surface area contributed by atoms with Crippen molar-refractivity contribution in [3.8, 4) is 0 Å². The second kappa shape index (κ2) is 4.89. The maximum atomic E-state index is 10.5. The molecule has 15 heavy (non-hydrogen) atoms. The van der Waals surface area contributed by atoms with Gasteiger partial charge in [0.2, 0.25) is 0 Å². The lowest BCUT2D eigenvalue weighted by Crippen LogP contribution is -2.28. The normalized spacial score (nSPS) is 12.3. The van der Waals surface area contributed by atoms with Gasteiger partial charge in [-0.1, -0.05) is 0 Å². The van der Waals surface area contributed by atoms with Gasteiger partial charge < -0.3 is 10.0 Å². The van der Waals surface area contributed by atoms with Crippen LogP contribution in [0.4, 0.5) is 5.82 Å². The van der Waals surface area contributed by atoms with Crippen LogP contribution < -0.4 is 4.90 Å². The molecule has 1 N–H and O–H groups in total. The average Bonchev–Trinajstić information content (AvgIpc) is 2.16. The van der Waals surface area contributed by atoms with Gasteiger partial charge in [-0.3, -0.25) is 4.79 Å². The fraction of sp³-hybridized carbons (Fsp3) is 0.455. The number of nitrogens with zero attached hydrogens (tertiary/aromatic N) is 2. The first-order valence-corrected chi connectivity index (χ1v) is 4.85. The Labute approximate surface area is 89.6 Å². The van der Waals surface area contributed by atoms with Crippen LogP contribution in [0.1, 0.15) is 22.8 Å². The molecule has 0 saturated heterocycles. The molecule has 0 amide bonds. The molecule has 82 valence electrons. The van der Waals surface area contributed by atoms with Crippen molar-refractivity contribution in [1.82, 2.24) is 4.98 Å². The topological polar surface area (TPSA) is 53.4 Å². The van der Waals surface area contributed by atoms with E-state index in [0.717, 1.165) is 17.7 Å². The molecule has 0 spiro atoms. The van der Waals surface area contributed by atoms with Crippen molar-refractivity contribution in [3.63, 3.8) is 0 Å². The Morgan fingerprint density at radius 2 is 2.33 bits per heavy atom. The Balaban J connectivity index is 2.90. The minimum absolute atomic E-state index is 0.401. The summed E-state index contributed by atoms with van der Waals surface area (Å²) < 4.78 is 0. The fourth-order valence-corrected chi connectivity index (χ4v) is 1.54. The van der Waals surface area contributed by atoms with Gasteiger partial charge in [0.1, 0.15) is 5.82 Å². The second-order valence-corrected chi connectivity index (χ2v) is 3.76. The van der Waals surface area contributed by atoms with Gasteiger partial charge in [0, 0.05) is 25.4 Å². The summed E-state index contributed by atoms with van der Waals surface area (Å²) in [7, 11) is 1.86. The summed E-state index contributed by atoms with van der Waals surface area (Å²) in [6, 6.07) is 1.79. The SMILES string of the molecule is Cc1cc(C=O)cnc1N(C)CC(C)O. The molecule has 0 aliphatic rings. The Kier molecular flexibility index (Phi) is 3.80. The molecule has 1 atom stereocenters. The van der Waals surface area contributed by atoms with Crippen LogP contribution in [0.15, 0.2) is 12.3 Å². The quantitative estimate of drug-likeness (QED) is 0.750. The van der Waals surface area contributed by atoms with E-state index in [2.05, 4.69) is 4.98 Å². The molecule has 1 aromatic heterocycles. The minimum atomic E-state index is -0.401. The zero-order valence-electron chi connectivity index (χ0n) is 9.27. The number of likely N-dealkylation sites (N-methyl/N-ethyl adjacent to an activating group) is 1. The van der Waals surface area contributed by atoms with Crippen molar-refractivity contribution in [2.45, 2.75) is 20.0 Å². The molecule has 4 nitrogen and oxygen atoms in total. The maximum absolute atomic E-state index is 10.5. The highest BCUT2D eigenvalue weighted by Gasteiger charge is 2.08. The number of aliphatic hydroxyl groups excluding tert-OH is 1. The number of rotatable bonds is 4. The summed E-state index contributed by atoms with van der Waals surface area (Å²) >= 11 is 0. The molecule has 0 bridgehead atoms. The van der Waals surface area contributed by atoms with Crippen molar-refractivity contribution in [2.75, 3.05) is 18.5 Å². The van der Waals surface area contributed by atoms with Crippen LogP contribution in [0.25, 0.3) is 0 Å². The van der Waals surface area contributed by atoms with Crippen molar-refractivity contribution < 1.29 is 9.90 Å². The number of hydrogen-bond acceptors (Lipinski definition) is 4. The Hall–Kier alpha value is -1.42. The van der Waals surface area contributed by atoms with E-state index in [-0.39, 0.29) is 0 Å². The number of hydrogen-bond donors (Lipinski definition) is 1. The van der Waals surface area contributed by atoms with Crippen molar-refractivity contribution in [2.24, 2.45) is 0 Å². The molecule has 0 aromatic carbocycles. The zero-order chi connectivity index (χ0) is 11.4. The molecule has 1 heterocycles. The number of aromatic nitrogens is 1. The van der Waals surface area contributed by atoms with Gasteiger partial charge in [0.25, 0.3) is 0 Å². The van der Waals surface area contributed by atoms with E-state index in [1.54, 1.807) is 13.0 Å². The number of carbonyl (C=O) groups is 1. The van der Waals surface area contributed by atoms with Gasteiger partial charge in [0.15, 0.2) is 6.29 Å². The lowest BCUT2D eigenvalue weighted by atomic mass is 10.2. The summed E-state index contributed by atoms with van der Waals surface area (Å²) in [5.41, 5.74) is 1.50. The zero-order valence-corrected chi connectivity index (χ0v) is 9.27. The van der Waals surface area contributed by atoms with E-state index in [4.69, 9.17) is 0 Å². The first kappa shape index (κ1) is 11.7. The first-order chi connectivity index (χ1) is 7.04. The number of aliphatic hydroxyl groups is 1. The highest BCUT2D eigenvalue weighted by Crippen LogP contribution is 2.15. The number of anilines is 1. The highest BCUT2D eigenvalue weighted by atomic mass is 16.3. The summed E-state index contributed by atoms with van der Waals surface area (Å²) in [5.74, 6) is 0.793. The van der Waals surface area contributed by atoms with Crippen LogP contribution in [0.3, 0.4) is 0 Å². The molecule has 0 aliphatic carbocycles. The van der Waals surface area contributed by atoms with Gasteiger partial charge in [-0.25, -0.2) is 4.98 Å². The second-order valence-electron chi connectivity index (χ2n) is 3.76. The third kappa shape index (κ3) is 3.02. The molecule has 0 fully saturated rings. The van der Waals surface area contributed by atoms with Crippen molar-refractivity contribution in [1.29, 1.82) is 0 Å². The largest absolute Gasteiger partial charge is 0.392 e. The summed E-state index contributed by atoms with van der Waals surface area (Å²) in [5, 5.41) is 9.25. The van der Waals surface area contributed by atoms with Crippen LogP contribution >= 0.6 is 0 Å². The van der Waals surface area contributed by atoms with E-state index in [9.17, 15) is 9.90 Å². The molecular formula is C11H16N2O2. The van der Waals surface area contributed by atoms with Gasteiger partial charge in [0.05, 0.1) is 6.10 Å². The molecule has 4 heteroatoms. The standard InChI is InChI=1S/C11H16N2O2/c1-8-4-10(7-14)5-12-11(8)13(3)6-9(2)15/h4-5,7,9,15H,6H2,1-3H3. The summed E-state index contributed by atoms with van der Waals surface area (Å²) in [6.07, 6.45) is 1.91. The van der Waals surface area contributed by atoms with Crippen molar-refractivity contribution in [3.05, 3.63) is 23.4 Å². The van der Waals surface area contributed by atoms with Crippen LogP contribution in [-0.2, 0) is 0 Å². The minimum Gasteiger partial charge on any atom is -0.392 e. The van der Waals surface area contributed by atoms with Gasteiger partial charge in [-0.05, 0) is 25.5 Å². The summed E-state index contributed by atoms with van der Waals surface area (Å²) in [6.45, 7) is 4.15. The number of aldehydes is 1. The van der Waals surface area contributed by atoms with E-state index in [0.29, 0.717) is 12.1 Å². The lowest BCUT2D eigenvalue weighted by molar-refractivity contribution is 0.112. The van der Waals surface area contributed by atoms with E-state index in [1.165, 1.54) is 6.20 Å². The Morgan fingerprint density at radius 3 is 2.80 bits per heavy atom. The first-order valence-electron chi connectivity index (χ1n) is 4.85. The third-order valence-corrected chi connectivity index (χ3v) is 2.11. The average molecular weight is 208 g/mol. The molecule has 1 aromatic rings. The summed E-state index contributed by atoms with van der Waals surface area (Å²) in [4.78, 5) is 16.6. The van der Waals surface area contributed by atoms with Crippen LogP contribution in [-0.4, -0.2) is 36.1 Å². The number of aryl methyl sites for hydroxylation is 1. The van der Waals surface area contributed by atoms with E-state index >= 15 is 0 Å². The Morgan fingerprint density at radius 1 is 1.67 bits per heavy atom. The van der Waals surface area contributed by atoms with E-state index < -0.39 is 6.10 Å². The molecule has 0 saturated carbocycles. The molecule has 0 aliphatic heterocycles. The predicted molar refractivity (Wildman–Crippen MR) is 59.3 cm³/mol. The lowest BCUT2D eigenvalue weighted by Gasteiger charge is -2.21. The van der Waals surface area contributed by atoms with Gasteiger partial charge in [-0.2, -0.15) is 0 Å². The molecule has 1 unspecified atom stereocenters. The van der Waals surface area contributed by atoms with Gasteiger partial charge >= 0.3 is 0 Å². The Bertz CT molecular complexity index is 350. The predicted octanol–water partition coefficient (Wildman–Crippen LogP) is 1.02. The van der Waals surface area contributed by atoms with Gasteiger partial charge in [-0.15, -0.1) is 0 Å². The fourth-order valence-electron chi connectivity index (χ4n) is 1.54.